The minimum absolute atomic E-state index is 0.0694. The summed E-state index contributed by atoms with van der Waals surface area (Å²) >= 11 is 0. The zero-order chi connectivity index (χ0) is 13.4. The van der Waals surface area contributed by atoms with Crippen molar-refractivity contribution in [1.82, 2.24) is 5.32 Å². The molecule has 1 aromatic carbocycles. The molecule has 0 amide bonds. The lowest BCUT2D eigenvalue weighted by molar-refractivity contribution is -0.0118. The summed E-state index contributed by atoms with van der Waals surface area (Å²) in [5.74, 6) is 0. The lowest BCUT2D eigenvalue weighted by Gasteiger charge is -2.20. The molecule has 0 saturated carbocycles. The largest absolute Gasteiger partial charge is 0.389 e. The van der Waals surface area contributed by atoms with Gasteiger partial charge in [-0.25, -0.2) is 0 Å². The van der Waals surface area contributed by atoms with E-state index in [4.69, 9.17) is 4.74 Å². The molecule has 2 unspecified atom stereocenters. The molecule has 0 fully saturated rings. The summed E-state index contributed by atoms with van der Waals surface area (Å²) in [5, 5.41) is 13.0. The molecule has 0 heterocycles. The maximum Gasteiger partial charge on any atom is 0.0898 e. The van der Waals surface area contributed by atoms with Gasteiger partial charge < -0.3 is 15.2 Å². The highest BCUT2D eigenvalue weighted by molar-refractivity contribution is 5.17. The van der Waals surface area contributed by atoms with Crippen molar-refractivity contribution in [2.75, 3.05) is 13.2 Å². The van der Waals surface area contributed by atoms with E-state index in [-0.39, 0.29) is 6.10 Å². The number of hydrogen-bond acceptors (Lipinski definition) is 3. The first kappa shape index (κ1) is 15.2. The standard InChI is InChI=1S/C15H25NO2/c1-4-15(13-8-6-5-7-9-13)18-11-14(17)10-16-12(2)3/h5-9,12,14-17H,4,10-11H2,1-3H3. The Morgan fingerprint density at radius 1 is 1.22 bits per heavy atom. The minimum atomic E-state index is -0.454. The Kier molecular flexibility index (Phi) is 6.94. The van der Waals surface area contributed by atoms with Crippen molar-refractivity contribution in [3.05, 3.63) is 35.9 Å². The molecule has 1 rings (SSSR count). The Morgan fingerprint density at radius 2 is 1.89 bits per heavy atom. The number of ether oxygens (including phenoxy) is 1. The first-order valence-electron chi connectivity index (χ1n) is 6.71. The van der Waals surface area contributed by atoms with Crippen LogP contribution in [0.15, 0.2) is 30.3 Å². The average Bonchev–Trinajstić information content (AvgIpc) is 2.38. The SMILES string of the molecule is CCC(OCC(O)CNC(C)C)c1ccccc1. The summed E-state index contributed by atoms with van der Waals surface area (Å²) in [6.45, 7) is 7.16. The summed E-state index contributed by atoms with van der Waals surface area (Å²) < 4.78 is 5.78. The van der Waals surface area contributed by atoms with E-state index in [1.165, 1.54) is 5.56 Å². The van der Waals surface area contributed by atoms with Crippen LogP contribution < -0.4 is 5.32 Å². The molecular formula is C15H25NO2. The second kappa shape index (κ2) is 8.25. The monoisotopic (exact) mass is 251 g/mol. The van der Waals surface area contributed by atoms with Gasteiger partial charge >= 0.3 is 0 Å². The third kappa shape index (κ3) is 5.63. The van der Waals surface area contributed by atoms with Crippen LogP contribution in [-0.2, 0) is 4.74 Å². The molecule has 2 N–H and O–H groups in total. The Labute approximate surface area is 110 Å². The van der Waals surface area contributed by atoms with Crippen molar-refractivity contribution in [3.8, 4) is 0 Å². The van der Waals surface area contributed by atoms with Crippen LogP contribution in [0.3, 0.4) is 0 Å². The molecule has 0 aromatic heterocycles. The van der Waals surface area contributed by atoms with Crippen LogP contribution in [0.1, 0.15) is 38.9 Å². The summed E-state index contributed by atoms with van der Waals surface area (Å²) in [6, 6.07) is 10.5. The zero-order valence-electron chi connectivity index (χ0n) is 11.6. The minimum Gasteiger partial charge on any atom is -0.389 e. The molecule has 1 aromatic rings. The van der Waals surface area contributed by atoms with Crippen molar-refractivity contribution < 1.29 is 9.84 Å². The highest BCUT2D eigenvalue weighted by Gasteiger charge is 2.12. The Hall–Kier alpha value is -0.900. The summed E-state index contributed by atoms with van der Waals surface area (Å²) in [6.07, 6.45) is 0.527. The van der Waals surface area contributed by atoms with Gasteiger partial charge in [0.05, 0.1) is 18.8 Å². The number of rotatable bonds is 8. The molecule has 0 aliphatic heterocycles. The van der Waals surface area contributed by atoms with E-state index < -0.39 is 6.10 Å². The van der Waals surface area contributed by atoms with Crippen molar-refractivity contribution in [1.29, 1.82) is 0 Å². The van der Waals surface area contributed by atoms with E-state index in [0.717, 1.165) is 6.42 Å². The van der Waals surface area contributed by atoms with E-state index in [1.54, 1.807) is 0 Å². The first-order valence-corrected chi connectivity index (χ1v) is 6.71. The third-order valence-electron chi connectivity index (χ3n) is 2.79. The average molecular weight is 251 g/mol. The quantitative estimate of drug-likeness (QED) is 0.746. The number of benzene rings is 1. The van der Waals surface area contributed by atoms with E-state index in [1.807, 2.05) is 18.2 Å². The summed E-state index contributed by atoms with van der Waals surface area (Å²) in [4.78, 5) is 0. The van der Waals surface area contributed by atoms with Gasteiger partial charge in [0.1, 0.15) is 0 Å². The van der Waals surface area contributed by atoms with Crippen LogP contribution in [0.25, 0.3) is 0 Å². The van der Waals surface area contributed by atoms with Gasteiger partial charge in [-0.15, -0.1) is 0 Å². The van der Waals surface area contributed by atoms with Gasteiger partial charge in [0.2, 0.25) is 0 Å². The molecule has 0 aliphatic carbocycles. The fraction of sp³-hybridized carbons (Fsp3) is 0.600. The van der Waals surface area contributed by atoms with Crippen molar-refractivity contribution in [2.45, 2.75) is 45.4 Å². The third-order valence-corrected chi connectivity index (χ3v) is 2.79. The van der Waals surface area contributed by atoms with Gasteiger partial charge in [-0.2, -0.15) is 0 Å². The van der Waals surface area contributed by atoms with E-state index in [2.05, 4.69) is 38.2 Å². The highest BCUT2D eigenvalue weighted by Crippen LogP contribution is 2.20. The Bertz CT molecular complexity index is 314. The van der Waals surface area contributed by atoms with Gasteiger partial charge in [0.15, 0.2) is 0 Å². The van der Waals surface area contributed by atoms with Crippen molar-refractivity contribution >= 4 is 0 Å². The molecule has 3 nitrogen and oxygen atoms in total. The van der Waals surface area contributed by atoms with Crippen LogP contribution in [0.5, 0.6) is 0 Å². The van der Waals surface area contributed by atoms with Crippen molar-refractivity contribution in [3.63, 3.8) is 0 Å². The molecule has 0 bridgehead atoms. The number of nitrogens with one attached hydrogen (secondary N) is 1. The molecule has 18 heavy (non-hydrogen) atoms. The van der Waals surface area contributed by atoms with E-state index in [9.17, 15) is 5.11 Å². The van der Waals surface area contributed by atoms with Gasteiger partial charge in [0, 0.05) is 12.6 Å². The van der Waals surface area contributed by atoms with E-state index in [0.29, 0.717) is 19.2 Å². The van der Waals surface area contributed by atoms with Crippen LogP contribution >= 0.6 is 0 Å². The van der Waals surface area contributed by atoms with Gasteiger partial charge in [-0.3, -0.25) is 0 Å². The van der Waals surface area contributed by atoms with Crippen LogP contribution in [0, 0.1) is 0 Å². The topological polar surface area (TPSA) is 41.5 Å². The van der Waals surface area contributed by atoms with Gasteiger partial charge in [0.25, 0.3) is 0 Å². The van der Waals surface area contributed by atoms with Crippen molar-refractivity contribution in [2.24, 2.45) is 0 Å². The molecule has 0 radical (unpaired) electrons. The highest BCUT2D eigenvalue weighted by atomic mass is 16.5. The number of aliphatic hydroxyl groups is 1. The van der Waals surface area contributed by atoms with Crippen LogP contribution in [0.4, 0.5) is 0 Å². The number of hydrogen-bond donors (Lipinski definition) is 2. The predicted molar refractivity (Wildman–Crippen MR) is 74.6 cm³/mol. The lowest BCUT2D eigenvalue weighted by Crippen LogP contribution is -2.34. The smallest absolute Gasteiger partial charge is 0.0898 e. The summed E-state index contributed by atoms with van der Waals surface area (Å²) in [7, 11) is 0. The van der Waals surface area contributed by atoms with Gasteiger partial charge in [-0.05, 0) is 12.0 Å². The van der Waals surface area contributed by atoms with E-state index >= 15 is 0 Å². The predicted octanol–water partition coefficient (Wildman–Crippen LogP) is 2.51. The fourth-order valence-corrected chi connectivity index (χ4v) is 1.78. The molecule has 3 heteroatoms. The maximum atomic E-state index is 9.80. The Balaban J connectivity index is 2.36. The second-order valence-corrected chi connectivity index (χ2v) is 4.86. The normalized spacial score (nSPS) is 14.7. The number of aliphatic hydroxyl groups excluding tert-OH is 1. The lowest BCUT2D eigenvalue weighted by atomic mass is 10.1. The summed E-state index contributed by atoms with van der Waals surface area (Å²) in [5.41, 5.74) is 1.17. The Morgan fingerprint density at radius 3 is 2.44 bits per heavy atom. The van der Waals surface area contributed by atoms with Gasteiger partial charge in [-0.1, -0.05) is 51.1 Å². The van der Waals surface area contributed by atoms with Crippen LogP contribution in [-0.4, -0.2) is 30.4 Å². The fourth-order valence-electron chi connectivity index (χ4n) is 1.78. The second-order valence-electron chi connectivity index (χ2n) is 4.86. The molecule has 2 atom stereocenters. The molecule has 0 aliphatic rings. The molecular weight excluding hydrogens is 226 g/mol. The maximum absolute atomic E-state index is 9.80. The first-order chi connectivity index (χ1) is 8.63. The molecule has 102 valence electrons. The zero-order valence-corrected chi connectivity index (χ0v) is 11.6. The molecule has 0 saturated heterocycles. The molecule has 0 spiro atoms. The van der Waals surface area contributed by atoms with Crippen LogP contribution in [0.2, 0.25) is 0 Å².